The van der Waals surface area contributed by atoms with Gasteiger partial charge in [0, 0.05) is 23.7 Å². The van der Waals surface area contributed by atoms with Crippen LogP contribution >= 0.6 is 11.6 Å². The van der Waals surface area contributed by atoms with E-state index in [0.29, 0.717) is 12.1 Å². The van der Waals surface area contributed by atoms with E-state index in [4.69, 9.17) is 16.9 Å². The Morgan fingerprint density at radius 3 is 2.71 bits per heavy atom. The molecular formula is C18H13ClF3N5O. The molecule has 0 spiro atoms. The van der Waals surface area contributed by atoms with E-state index in [9.17, 15) is 18.0 Å². The normalized spacial score (nSPS) is 19.0. The van der Waals surface area contributed by atoms with Crippen molar-refractivity contribution < 1.29 is 13.2 Å². The van der Waals surface area contributed by atoms with Crippen molar-refractivity contribution >= 4 is 17.2 Å². The predicted molar refractivity (Wildman–Crippen MR) is 94.0 cm³/mol. The summed E-state index contributed by atoms with van der Waals surface area (Å²) >= 11 is 5.85. The molecule has 28 heavy (non-hydrogen) atoms. The molecule has 1 saturated carbocycles. The number of halogens is 4. The zero-order valence-electron chi connectivity index (χ0n) is 14.5. The van der Waals surface area contributed by atoms with Crippen molar-refractivity contribution in [3.05, 3.63) is 62.4 Å². The molecule has 144 valence electrons. The van der Waals surface area contributed by atoms with Gasteiger partial charge in [-0.15, -0.1) is 0 Å². The van der Waals surface area contributed by atoms with Crippen molar-refractivity contribution in [2.45, 2.75) is 32.0 Å². The van der Waals surface area contributed by atoms with Gasteiger partial charge in [-0.1, -0.05) is 17.7 Å². The minimum atomic E-state index is -4.61. The fraction of sp³-hybridized carbons (Fsp3) is 0.333. The molecule has 3 aromatic rings. The fourth-order valence-electron chi connectivity index (χ4n) is 3.34. The highest BCUT2D eigenvalue weighted by molar-refractivity contribution is 6.29. The molecule has 0 aromatic carbocycles. The molecule has 2 atom stereocenters. The molecule has 0 N–H and O–H groups in total. The van der Waals surface area contributed by atoms with Gasteiger partial charge in [-0.05, 0) is 25.0 Å². The van der Waals surface area contributed by atoms with E-state index in [0.717, 1.165) is 22.0 Å². The average molecular weight is 408 g/mol. The molecule has 0 unspecified atom stereocenters. The van der Waals surface area contributed by atoms with Gasteiger partial charge < -0.3 is 0 Å². The maximum absolute atomic E-state index is 12.8. The molecule has 1 aliphatic carbocycles. The van der Waals surface area contributed by atoms with Crippen molar-refractivity contribution in [3.63, 3.8) is 0 Å². The summed E-state index contributed by atoms with van der Waals surface area (Å²) < 4.78 is 40.8. The van der Waals surface area contributed by atoms with E-state index in [1.165, 1.54) is 10.5 Å². The Labute approximate surface area is 161 Å². The van der Waals surface area contributed by atoms with Gasteiger partial charge in [0.1, 0.15) is 10.8 Å². The highest BCUT2D eigenvalue weighted by Gasteiger charge is 2.41. The lowest BCUT2D eigenvalue weighted by atomic mass is 10.1. The standard InChI is InChI=1S/C18H13ClF3N5O/c1-9-2-3-15-24-11(8-26-14(19)6-13(25-26)18(20,21)22)5-16(28)27(15)17(9)12-4-10(12)7-23/h2-3,5-6,10,12H,4,8H2,1H3/t10-,12+/m0/s1. The van der Waals surface area contributed by atoms with Gasteiger partial charge in [0.25, 0.3) is 5.56 Å². The number of hydrogen-bond acceptors (Lipinski definition) is 4. The molecule has 6 nitrogen and oxygen atoms in total. The van der Waals surface area contributed by atoms with Crippen molar-refractivity contribution in [1.82, 2.24) is 19.2 Å². The molecular weight excluding hydrogens is 395 g/mol. The van der Waals surface area contributed by atoms with Gasteiger partial charge in [0.05, 0.1) is 24.2 Å². The second-order valence-electron chi connectivity index (χ2n) is 6.77. The van der Waals surface area contributed by atoms with Crippen LogP contribution in [0.3, 0.4) is 0 Å². The average Bonchev–Trinajstić information content (AvgIpc) is 3.30. The summed E-state index contributed by atoms with van der Waals surface area (Å²) in [6.45, 7) is 1.69. The van der Waals surface area contributed by atoms with Crippen molar-refractivity contribution in [3.8, 4) is 6.07 Å². The molecule has 4 rings (SSSR count). The first-order chi connectivity index (χ1) is 13.2. The van der Waals surface area contributed by atoms with Crippen LogP contribution in [0.1, 0.15) is 35.0 Å². The van der Waals surface area contributed by atoms with Gasteiger partial charge in [-0.3, -0.25) is 9.20 Å². The highest BCUT2D eigenvalue weighted by atomic mass is 35.5. The summed E-state index contributed by atoms with van der Waals surface area (Å²) in [6, 6.07) is 7.67. The number of pyridine rings is 1. The van der Waals surface area contributed by atoms with Crippen molar-refractivity contribution in [2.75, 3.05) is 0 Å². The van der Waals surface area contributed by atoms with E-state index in [-0.39, 0.29) is 34.8 Å². The number of hydrogen-bond donors (Lipinski definition) is 0. The SMILES string of the molecule is Cc1ccc2nc(Cn3nc(C(F)(F)F)cc3Cl)cc(=O)n2c1[C@@H]1C[C@H]1C#N. The lowest BCUT2D eigenvalue weighted by Crippen LogP contribution is -2.21. The summed E-state index contributed by atoms with van der Waals surface area (Å²) in [4.78, 5) is 17.1. The lowest BCUT2D eigenvalue weighted by molar-refractivity contribution is -0.141. The predicted octanol–water partition coefficient (Wildman–Crippen LogP) is 3.55. The highest BCUT2D eigenvalue weighted by Crippen LogP contribution is 2.47. The molecule has 3 aromatic heterocycles. The van der Waals surface area contributed by atoms with E-state index in [1.807, 2.05) is 13.0 Å². The molecule has 10 heteroatoms. The smallest absolute Gasteiger partial charge is 0.269 e. The van der Waals surface area contributed by atoms with Gasteiger partial charge in [0.2, 0.25) is 0 Å². The number of aryl methyl sites for hydroxylation is 1. The maximum atomic E-state index is 12.8. The monoisotopic (exact) mass is 407 g/mol. The summed E-state index contributed by atoms with van der Waals surface area (Å²) in [7, 11) is 0. The van der Waals surface area contributed by atoms with Crippen LogP contribution in [0.2, 0.25) is 5.15 Å². The third kappa shape index (κ3) is 3.14. The number of nitrogens with zero attached hydrogens (tertiary/aromatic N) is 5. The van der Waals surface area contributed by atoms with E-state index >= 15 is 0 Å². The first-order valence-electron chi connectivity index (χ1n) is 8.41. The molecule has 1 aliphatic rings. The first-order valence-corrected chi connectivity index (χ1v) is 8.79. The lowest BCUT2D eigenvalue weighted by Gasteiger charge is -2.12. The number of alkyl halides is 3. The van der Waals surface area contributed by atoms with Crippen LogP contribution in [0.4, 0.5) is 13.2 Å². The Hall–Kier alpha value is -2.86. The van der Waals surface area contributed by atoms with Crippen LogP contribution in [0, 0.1) is 24.2 Å². The van der Waals surface area contributed by atoms with Crippen LogP contribution in [-0.2, 0) is 12.7 Å². The molecule has 0 saturated heterocycles. The summed E-state index contributed by atoms with van der Waals surface area (Å²) in [5.41, 5.74) is 0.782. The minimum Gasteiger partial charge on any atom is -0.269 e. The quantitative estimate of drug-likeness (QED) is 0.665. The molecule has 0 radical (unpaired) electrons. The fourth-order valence-corrected chi connectivity index (χ4v) is 3.54. The number of rotatable bonds is 3. The van der Waals surface area contributed by atoms with Crippen LogP contribution in [0.15, 0.2) is 29.1 Å². The third-order valence-corrected chi connectivity index (χ3v) is 5.07. The second-order valence-corrected chi connectivity index (χ2v) is 7.15. The Bertz CT molecular complexity index is 1190. The topological polar surface area (TPSA) is 76.0 Å². The van der Waals surface area contributed by atoms with Crippen molar-refractivity contribution in [1.29, 1.82) is 5.26 Å². The summed E-state index contributed by atoms with van der Waals surface area (Å²) in [6.07, 6.45) is -3.92. The Morgan fingerprint density at radius 1 is 1.36 bits per heavy atom. The van der Waals surface area contributed by atoms with Crippen LogP contribution < -0.4 is 5.56 Å². The van der Waals surface area contributed by atoms with Crippen LogP contribution in [0.25, 0.3) is 5.65 Å². The first kappa shape index (κ1) is 18.5. The van der Waals surface area contributed by atoms with Crippen molar-refractivity contribution in [2.24, 2.45) is 5.92 Å². The van der Waals surface area contributed by atoms with E-state index < -0.39 is 11.9 Å². The number of fused-ring (bicyclic) bond motifs is 1. The van der Waals surface area contributed by atoms with Gasteiger partial charge in [0.15, 0.2) is 5.69 Å². The molecule has 0 aliphatic heterocycles. The minimum absolute atomic E-state index is 0.0195. The van der Waals surface area contributed by atoms with Gasteiger partial charge >= 0.3 is 6.18 Å². The Kier molecular flexibility index (Phi) is 4.19. The largest absolute Gasteiger partial charge is 0.435 e. The maximum Gasteiger partial charge on any atom is 0.435 e. The zero-order chi connectivity index (χ0) is 20.2. The molecule has 1 fully saturated rings. The van der Waals surface area contributed by atoms with E-state index in [2.05, 4.69) is 16.2 Å². The van der Waals surface area contributed by atoms with Gasteiger partial charge in [-0.25, -0.2) is 9.67 Å². The Morgan fingerprint density at radius 2 is 2.11 bits per heavy atom. The van der Waals surface area contributed by atoms with Gasteiger partial charge in [-0.2, -0.15) is 23.5 Å². The summed E-state index contributed by atoms with van der Waals surface area (Å²) in [5.74, 6) is -0.145. The molecule has 3 heterocycles. The van der Waals surface area contributed by atoms with Crippen LogP contribution in [-0.4, -0.2) is 19.2 Å². The molecule has 0 amide bonds. The zero-order valence-corrected chi connectivity index (χ0v) is 15.3. The number of aromatic nitrogens is 4. The van der Waals surface area contributed by atoms with E-state index in [1.54, 1.807) is 6.07 Å². The second kappa shape index (κ2) is 6.34. The number of nitriles is 1. The third-order valence-electron chi connectivity index (χ3n) is 4.77. The van der Waals surface area contributed by atoms with Crippen LogP contribution in [0.5, 0.6) is 0 Å². The Balaban J connectivity index is 1.76. The molecule has 0 bridgehead atoms. The summed E-state index contributed by atoms with van der Waals surface area (Å²) in [5, 5.41) is 12.4.